The number of hydrogen-bond acceptors (Lipinski definition) is 5. The SMILES string of the molecule is O=C(Cn1cccnc1=O)N1CCC[C@H](c2nccn2Cc2ccncc2)C1. The fraction of sp³-hybridized carbons (Fsp3) is 0.350. The molecule has 4 heterocycles. The average molecular weight is 378 g/mol. The monoisotopic (exact) mass is 378 g/mol. The Labute approximate surface area is 162 Å². The fourth-order valence-corrected chi connectivity index (χ4v) is 3.67. The second kappa shape index (κ2) is 8.16. The van der Waals surface area contributed by atoms with Gasteiger partial charge in [-0.25, -0.2) is 14.8 Å². The highest BCUT2D eigenvalue weighted by molar-refractivity contribution is 5.76. The second-order valence-corrected chi connectivity index (χ2v) is 6.98. The summed E-state index contributed by atoms with van der Waals surface area (Å²) < 4.78 is 3.48. The van der Waals surface area contributed by atoms with Gasteiger partial charge in [0.15, 0.2) is 0 Å². The Bertz CT molecular complexity index is 997. The van der Waals surface area contributed by atoms with E-state index in [9.17, 15) is 9.59 Å². The third-order valence-corrected chi connectivity index (χ3v) is 5.08. The van der Waals surface area contributed by atoms with Crippen LogP contribution in [0.5, 0.6) is 0 Å². The molecule has 0 radical (unpaired) electrons. The normalized spacial score (nSPS) is 16.9. The van der Waals surface area contributed by atoms with E-state index < -0.39 is 5.69 Å². The van der Waals surface area contributed by atoms with Gasteiger partial charge in [-0.1, -0.05) is 0 Å². The number of likely N-dealkylation sites (tertiary alicyclic amines) is 1. The minimum absolute atomic E-state index is 0.0187. The minimum Gasteiger partial charge on any atom is -0.340 e. The summed E-state index contributed by atoms with van der Waals surface area (Å²) in [6.07, 6.45) is 12.3. The van der Waals surface area contributed by atoms with Crippen LogP contribution in [0.4, 0.5) is 0 Å². The van der Waals surface area contributed by atoms with Gasteiger partial charge in [0.2, 0.25) is 5.91 Å². The number of carbonyl (C=O) groups is 1. The van der Waals surface area contributed by atoms with Crippen LogP contribution in [0.25, 0.3) is 0 Å². The topological polar surface area (TPSA) is 85.9 Å². The molecule has 0 bridgehead atoms. The standard InChI is InChI=1S/C20H22N6O2/c27-18(15-26-11-2-6-23-20(26)28)24-10-1-3-17(14-24)19-22-9-12-25(19)13-16-4-7-21-8-5-16/h2,4-9,11-12,17H,1,3,10,13-15H2/t17-/m0/s1. The van der Waals surface area contributed by atoms with Gasteiger partial charge in [-0.05, 0) is 36.6 Å². The lowest BCUT2D eigenvalue weighted by molar-refractivity contribution is -0.133. The highest BCUT2D eigenvalue weighted by atomic mass is 16.2. The number of rotatable bonds is 5. The van der Waals surface area contributed by atoms with Gasteiger partial charge in [-0.15, -0.1) is 0 Å². The number of imidazole rings is 1. The molecule has 1 aliphatic rings. The van der Waals surface area contributed by atoms with Crippen LogP contribution in [-0.4, -0.2) is 48.0 Å². The van der Waals surface area contributed by atoms with E-state index in [2.05, 4.69) is 19.5 Å². The molecule has 1 saturated heterocycles. The summed E-state index contributed by atoms with van der Waals surface area (Å²) in [5.41, 5.74) is 0.756. The minimum atomic E-state index is -0.405. The maximum Gasteiger partial charge on any atom is 0.347 e. The van der Waals surface area contributed by atoms with Gasteiger partial charge in [-0.3, -0.25) is 14.3 Å². The summed E-state index contributed by atoms with van der Waals surface area (Å²) in [6, 6.07) is 5.64. The lowest BCUT2D eigenvalue weighted by atomic mass is 9.97. The largest absolute Gasteiger partial charge is 0.347 e. The zero-order valence-electron chi connectivity index (χ0n) is 15.5. The summed E-state index contributed by atoms with van der Waals surface area (Å²) in [4.78, 5) is 38.7. The first-order chi connectivity index (χ1) is 13.7. The molecule has 4 rings (SSSR count). The molecule has 3 aromatic rings. The van der Waals surface area contributed by atoms with Crippen molar-refractivity contribution in [3.8, 4) is 0 Å². The molecule has 1 amide bonds. The number of pyridine rings is 1. The van der Waals surface area contributed by atoms with Gasteiger partial charge >= 0.3 is 5.69 Å². The van der Waals surface area contributed by atoms with Crippen molar-refractivity contribution < 1.29 is 4.79 Å². The molecule has 144 valence electrons. The predicted octanol–water partition coefficient (Wildman–Crippen LogP) is 1.29. The van der Waals surface area contributed by atoms with Gasteiger partial charge in [0.1, 0.15) is 12.4 Å². The van der Waals surface area contributed by atoms with Crippen molar-refractivity contribution in [3.05, 3.63) is 77.3 Å². The van der Waals surface area contributed by atoms with Gasteiger partial charge < -0.3 is 9.47 Å². The van der Waals surface area contributed by atoms with Crippen molar-refractivity contribution in [2.75, 3.05) is 13.1 Å². The molecule has 0 saturated carbocycles. The second-order valence-electron chi connectivity index (χ2n) is 6.98. The van der Waals surface area contributed by atoms with Crippen LogP contribution in [-0.2, 0) is 17.9 Å². The highest BCUT2D eigenvalue weighted by Gasteiger charge is 2.27. The number of carbonyl (C=O) groups excluding carboxylic acids is 1. The number of piperidine rings is 1. The number of aromatic nitrogens is 5. The van der Waals surface area contributed by atoms with Crippen molar-refractivity contribution in [2.45, 2.75) is 31.8 Å². The van der Waals surface area contributed by atoms with Crippen LogP contribution in [0.15, 0.2) is 60.2 Å². The molecular weight excluding hydrogens is 356 g/mol. The molecule has 0 aliphatic carbocycles. The summed E-state index contributed by atoms with van der Waals surface area (Å²) in [5.74, 6) is 1.11. The van der Waals surface area contributed by atoms with Crippen LogP contribution < -0.4 is 5.69 Å². The Morgan fingerprint density at radius 1 is 1.07 bits per heavy atom. The zero-order chi connectivity index (χ0) is 19.3. The molecule has 0 unspecified atom stereocenters. The predicted molar refractivity (Wildman–Crippen MR) is 103 cm³/mol. The van der Waals surface area contributed by atoms with E-state index in [-0.39, 0.29) is 18.4 Å². The molecule has 8 nitrogen and oxygen atoms in total. The van der Waals surface area contributed by atoms with E-state index in [1.807, 2.05) is 29.4 Å². The molecule has 1 fully saturated rings. The van der Waals surface area contributed by atoms with Crippen molar-refractivity contribution in [2.24, 2.45) is 0 Å². The van der Waals surface area contributed by atoms with Gasteiger partial charge in [0.25, 0.3) is 0 Å². The maximum atomic E-state index is 12.7. The lowest BCUT2D eigenvalue weighted by Gasteiger charge is -2.33. The van der Waals surface area contributed by atoms with Crippen LogP contribution >= 0.6 is 0 Å². The third-order valence-electron chi connectivity index (χ3n) is 5.08. The van der Waals surface area contributed by atoms with Crippen LogP contribution in [0.1, 0.15) is 30.1 Å². The van der Waals surface area contributed by atoms with Crippen molar-refractivity contribution in [1.82, 2.24) is 29.0 Å². The fourth-order valence-electron chi connectivity index (χ4n) is 3.67. The van der Waals surface area contributed by atoms with Crippen molar-refractivity contribution >= 4 is 5.91 Å². The van der Waals surface area contributed by atoms with E-state index in [1.54, 1.807) is 24.7 Å². The first-order valence-corrected chi connectivity index (χ1v) is 9.40. The summed E-state index contributed by atoms with van der Waals surface area (Å²) in [7, 11) is 0. The quantitative estimate of drug-likeness (QED) is 0.668. The molecule has 8 heteroatoms. The molecule has 1 atom stereocenters. The van der Waals surface area contributed by atoms with Crippen molar-refractivity contribution in [3.63, 3.8) is 0 Å². The van der Waals surface area contributed by atoms with Gasteiger partial charge in [-0.2, -0.15) is 0 Å². The Hall–Kier alpha value is -3.29. The lowest BCUT2D eigenvalue weighted by Crippen LogP contribution is -2.42. The van der Waals surface area contributed by atoms with E-state index in [1.165, 1.54) is 10.8 Å². The Morgan fingerprint density at radius 2 is 1.93 bits per heavy atom. The molecule has 28 heavy (non-hydrogen) atoms. The van der Waals surface area contributed by atoms with Crippen LogP contribution in [0, 0.1) is 0 Å². The smallest absolute Gasteiger partial charge is 0.340 e. The molecule has 1 aliphatic heterocycles. The zero-order valence-corrected chi connectivity index (χ0v) is 15.5. The Morgan fingerprint density at radius 3 is 2.75 bits per heavy atom. The molecule has 0 spiro atoms. The van der Waals surface area contributed by atoms with Gasteiger partial charge in [0.05, 0.1) is 0 Å². The average Bonchev–Trinajstić information content (AvgIpc) is 3.19. The Balaban J connectivity index is 1.46. The number of hydrogen-bond donors (Lipinski definition) is 0. The summed E-state index contributed by atoms with van der Waals surface area (Å²) >= 11 is 0. The Kier molecular flexibility index (Phi) is 5.27. The third kappa shape index (κ3) is 4.00. The van der Waals surface area contributed by atoms with E-state index >= 15 is 0 Å². The van der Waals surface area contributed by atoms with Crippen molar-refractivity contribution in [1.29, 1.82) is 0 Å². The highest BCUT2D eigenvalue weighted by Crippen LogP contribution is 2.26. The van der Waals surface area contributed by atoms with Crippen LogP contribution in [0.2, 0.25) is 0 Å². The molecular formula is C20H22N6O2. The molecule has 3 aromatic heterocycles. The van der Waals surface area contributed by atoms with E-state index in [4.69, 9.17) is 0 Å². The van der Waals surface area contributed by atoms with E-state index in [0.29, 0.717) is 13.1 Å². The number of amides is 1. The summed E-state index contributed by atoms with van der Waals surface area (Å²) in [5, 5.41) is 0. The first-order valence-electron chi connectivity index (χ1n) is 9.40. The van der Waals surface area contributed by atoms with Crippen LogP contribution in [0.3, 0.4) is 0 Å². The molecule has 0 aromatic carbocycles. The first kappa shape index (κ1) is 18.1. The maximum absolute atomic E-state index is 12.7. The molecule has 0 N–H and O–H groups in total. The summed E-state index contributed by atoms with van der Waals surface area (Å²) in [6.45, 7) is 2.06. The number of nitrogens with zero attached hydrogens (tertiary/aromatic N) is 6. The van der Waals surface area contributed by atoms with E-state index in [0.717, 1.165) is 30.8 Å². The van der Waals surface area contributed by atoms with Gasteiger partial charge in [0, 0.05) is 62.7 Å².